The molecule has 0 aliphatic carbocycles. The Bertz CT molecular complexity index is 531. The summed E-state index contributed by atoms with van der Waals surface area (Å²) in [6.45, 7) is 5.46. The number of nitrogens with zero attached hydrogens (tertiary/aromatic N) is 4. The number of imidazole rings is 1. The van der Waals surface area contributed by atoms with Gasteiger partial charge in [0.15, 0.2) is 0 Å². The first-order chi connectivity index (χ1) is 9.10. The van der Waals surface area contributed by atoms with Gasteiger partial charge in [-0.1, -0.05) is 0 Å². The Balaban J connectivity index is 2.14. The predicted octanol–water partition coefficient (Wildman–Crippen LogP) is 1.42. The minimum Gasteiger partial charge on any atom is -0.383 e. The molecule has 0 saturated carbocycles. The second-order valence-corrected chi connectivity index (χ2v) is 4.78. The van der Waals surface area contributed by atoms with Gasteiger partial charge in [-0.3, -0.25) is 4.68 Å². The normalized spacial score (nSPS) is 12.6. The zero-order valence-electron chi connectivity index (χ0n) is 11.9. The standard InChI is InChI=1S/C13H21N5O/c1-10-7-18(8-12-5-6-14-17(12)3)13(15-10)16-11(2)9-19-4/h5-7,11H,8-9H2,1-4H3,(H,15,16). The van der Waals surface area contributed by atoms with E-state index in [-0.39, 0.29) is 6.04 Å². The minimum absolute atomic E-state index is 0.220. The second kappa shape index (κ2) is 5.88. The van der Waals surface area contributed by atoms with Crippen LogP contribution in [0.3, 0.4) is 0 Å². The third-order valence-electron chi connectivity index (χ3n) is 2.94. The molecular weight excluding hydrogens is 242 g/mol. The van der Waals surface area contributed by atoms with Crippen LogP contribution in [0.25, 0.3) is 0 Å². The smallest absolute Gasteiger partial charge is 0.203 e. The lowest BCUT2D eigenvalue weighted by atomic mass is 10.4. The summed E-state index contributed by atoms with van der Waals surface area (Å²) in [5, 5.41) is 7.54. The zero-order chi connectivity index (χ0) is 13.8. The first-order valence-electron chi connectivity index (χ1n) is 6.36. The monoisotopic (exact) mass is 263 g/mol. The topological polar surface area (TPSA) is 56.9 Å². The fraction of sp³-hybridized carbons (Fsp3) is 0.538. The largest absolute Gasteiger partial charge is 0.383 e. The van der Waals surface area contributed by atoms with Crippen molar-refractivity contribution in [3.63, 3.8) is 0 Å². The molecule has 0 bridgehead atoms. The van der Waals surface area contributed by atoms with E-state index in [0.29, 0.717) is 6.61 Å². The molecule has 1 N–H and O–H groups in total. The molecule has 0 aliphatic rings. The van der Waals surface area contributed by atoms with Crippen molar-refractivity contribution < 1.29 is 4.74 Å². The average Bonchev–Trinajstić information content (AvgIpc) is 2.88. The van der Waals surface area contributed by atoms with Crippen LogP contribution in [-0.2, 0) is 18.3 Å². The summed E-state index contributed by atoms with van der Waals surface area (Å²) < 4.78 is 9.10. The van der Waals surface area contributed by atoms with E-state index in [1.54, 1.807) is 13.3 Å². The van der Waals surface area contributed by atoms with E-state index in [1.165, 1.54) is 0 Å². The van der Waals surface area contributed by atoms with E-state index in [2.05, 4.69) is 26.9 Å². The van der Waals surface area contributed by atoms with Gasteiger partial charge >= 0.3 is 0 Å². The molecule has 19 heavy (non-hydrogen) atoms. The van der Waals surface area contributed by atoms with Gasteiger partial charge in [-0.25, -0.2) is 4.98 Å². The number of hydrogen-bond acceptors (Lipinski definition) is 4. The Kier molecular flexibility index (Phi) is 4.21. The molecule has 2 aromatic heterocycles. The number of methoxy groups -OCH3 is 1. The molecule has 0 aromatic carbocycles. The van der Waals surface area contributed by atoms with Crippen LogP contribution in [0, 0.1) is 6.92 Å². The van der Waals surface area contributed by atoms with Crippen molar-refractivity contribution in [3.8, 4) is 0 Å². The van der Waals surface area contributed by atoms with E-state index in [9.17, 15) is 0 Å². The van der Waals surface area contributed by atoms with Crippen molar-refractivity contribution in [2.24, 2.45) is 7.05 Å². The third kappa shape index (κ3) is 3.35. The fourth-order valence-electron chi connectivity index (χ4n) is 2.03. The SMILES string of the molecule is COCC(C)Nc1nc(C)cn1Cc1ccnn1C. The van der Waals surface area contributed by atoms with Crippen LogP contribution in [0.5, 0.6) is 0 Å². The molecule has 0 spiro atoms. The number of hydrogen-bond donors (Lipinski definition) is 1. The Morgan fingerprint density at radius 3 is 2.89 bits per heavy atom. The fourth-order valence-corrected chi connectivity index (χ4v) is 2.03. The van der Waals surface area contributed by atoms with Crippen molar-refractivity contribution in [2.75, 3.05) is 19.0 Å². The number of ether oxygens (including phenoxy) is 1. The van der Waals surface area contributed by atoms with E-state index in [0.717, 1.165) is 23.9 Å². The lowest BCUT2D eigenvalue weighted by Crippen LogP contribution is -2.23. The summed E-state index contributed by atoms with van der Waals surface area (Å²) in [6, 6.07) is 2.23. The van der Waals surface area contributed by atoms with Crippen LogP contribution in [0.1, 0.15) is 18.3 Å². The molecule has 2 heterocycles. The number of anilines is 1. The van der Waals surface area contributed by atoms with Crippen LogP contribution in [0.15, 0.2) is 18.5 Å². The maximum atomic E-state index is 5.13. The molecule has 0 saturated heterocycles. The van der Waals surface area contributed by atoms with E-state index in [4.69, 9.17) is 4.74 Å². The van der Waals surface area contributed by atoms with Gasteiger partial charge < -0.3 is 14.6 Å². The molecular formula is C13H21N5O. The van der Waals surface area contributed by atoms with Crippen LogP contribution in [0.2, 0.25) is 0 Å². The Morgan fingerprint density at radius 1 is 1.47 bits per heavy atom. The number of rotatable bonds is 6. The van der Waals surface area contributed by atoms with Crippen molar-refractivity contribution in [2.45, 2.75) is 26.4 Å². The van der Waals surface area contributed by atoms with Crippen molar-refractivity contribution in [3.05, 3.63) is 29.8 Å². The predicted molar refractivity (Wildman–Crippen MR) is 74.2 cm³/mol. The molecule has 0 fully saturated rings. The Labute approximate surface area is 113 Å². The van der Waals surface area contributed by atoms with Crippen molar-refractivity contribution in [1.82, 2.24) is 19.3 Å². The van der Waals surface area contributed by atoms with Gasteiger partial charge in [-0.05, 0) is 19.9 Å². The zero-order valence-corrected chi connectivity index (χ0v) is 11.9. The molecule has 0 amide bonds. The summed E-state index contributed by atoms with van der Waals surface area (Å²) in [5.41, 5.74) is 2.13. The van der Waals surface area contributed by atoms with E-state index in [1.807, 2.05) is 30.9 Å². The lowest BCUT2D eigenvalue weighted by Gasteiger charge is -2.15. The van der Waals surface area contributed by atoms with Crippen molar-refractivity contribution in [1.29, 1.82) is 0 Å². The molecule has 0 radical (unpaired) electrons. The summed E-state index contributed by atoms with van der Waals surface area (Å²) in [7, 11) is 3.64. The van der Waals surface area contributed by atoms with Gasteiger partial charge in [-0.15, -0.1) is 0 Å². The van der Waals surface area contributed by atoms with Gasteiger partial charge in [0.1, 0.15) is 0 Å². The Hall–Kier alpha value is -1.82. The van der Waals surface area contributed by atoms with E-state index < -0.39 is 0 Å². The van der Waals surface area contributed by atoms with Gasteiger partial charge in [0.25, 0.3) is 0 Å². The molecule has 1 atom stereocenters. The highest BCUT2D eigenvalue weighted by molar-refractivity contribution is 5.31. The maximum Gasteiger partial charge on any atom is 0.203 e. The summed E-state index contributed by atoms with van der Waals surface area (Å²) in [5.74, 6) is 0.864. The number of aromatic nitrogens is 4. The van der Waals surface area contributed by atoms with Crippen molar-refractivity contribution >= 4 is 5.95 Å². The van der Waals surface area contributed by atoms with Gasteiger partial charge in [0, 0.05) is 32.6 Å². The molecule has 2 rings (SSSR count). The van der Waals surface area contributed by atoms with Crippen LogP contribution >= 0.6 is 0 Å². The lowest BCUT2D eigenvalue weighted by molar-refractivity contribution is 0.190. The first kappa shape index (κ1) is 13.6. The summed E-state index contributed by atoms with van der Waals surface area (Å²) in [4.78, 5) is 4.51. The van der Waals surface area contributed by atoms with Crippen LogP contribution in [-0.4, -0.2) is 39.1 Å². The average molecular weight is 263 g/mol. The molecule has 6 heteroatoms. The molecule has 2 aromatic rings. The third-order valence-corrected chi connectivity index (χ3v) is 2.94. The number of aryl methyl sites for hydroxylation is 2. The Morgan fingerprint density at radius 2 is 2.26 bits per heavy atom. The summed E-state index contributed by atoms with van der Waals surface area (Å²) in [6.07, 6.45) is 3.84. The van der Waals surface area contributed by atoms with Crippen LogP contribution in [0.4, 0.5) is 5.95 Å². The summed E-state index contributed by atoms with van der Waals surface area (Å²) >= 11 is 0. The van der Waals surface area contributed by atoms with E-state index >= 15 is 0 Å². The van der Waals surface area contributed by atoms with Gasteiger partial charge in [-0.2, -0.15) is 5.10 Å². The quantitative estimate of drug-likeness (QED) is 0.856. The molecule has 1 unspecified atom stereocenters. The highest BCUT2D eigenvalue weighted by Gasteiger charge is 2.10. The highest BCUT2D eigenvalue weighted by atomic mass is 16.5. The molecule has 104 valence electrons. The molecule has 6 nitrogen and oxygen atoms in total. The second-order valence-electron chi connectivity index (χ2n) is 4.78. The van der Waals surface area contributed by atoms with Gasteiger partial charge in [0.05, 0.1) is 24.5 Å². The first-order valence-corrected chi connectivity index (χ1v) is 6.36. The number of nitrogens with one attached hydrogen (secondary N) is 1. The van der Waals surface area contributed by atoms with Crippen LogP contribution < -0.4 is 5.32 Å². The maximum absolute atomic E-state index is 5.13. The molecule has 0 aliphatic heterocycles. The minimum atomic E-state index is 0.220. The van der Waals surface area contributed by atoms with Gasteiger partial charge in [0.2, 0.25) is 5.95 Å². The highest BCUT2D eigenvalue weighted by Crippen LogP contribution is 2.12.